The molecule has 0 radical (unpaired) electrons. The Hall–Kier alpha value is -1.48. The molecule has 0 spiro atoms. The molecule has 2 saturated heterocycles. The first-order chi connectivity index (χ1) is 12.0. The lowest BCUT2D eigenvalue weighted by atomic mass is 10.2. The van der Waals surface area contributed by atoms with Gasteiger partial charge < -0.3 is 9.80 Å². The Morgan fingerprint density at radius 3 is 2.44 bits per heavy atom. The molecule has 0 bridgehead atoms. The molecule has 138 valence electrons. The van der Waals surface area contributed by atoms with Gasteiger partial charge in [0.2, 0.25) is 10.0 Å². The predicted octanol–water partition coefficient (Wildman–Crippen LogP) is 0.326. The summed E-state index contributed by atoms with van der Waals surface area (Å²) in [4.78, 5) is 11.0. The maximum Gasteiger partial charge on any atom is 0.246 e. The quantitative estimate of drug-likeness (QED) is 0.701. The van der Waals surface area contributed by atoms with Crippen LogP contribution in [0.25, 0.3) is 0 Å². The monoisotopic (exact) mass is 365 g/mol. The lowest BCUT2D eigenvalue weighted by Crippen LogP contribution is -2.48. The van der Waals surface area contributed by atoms with Crippen molar-refractivity contribution in [3.05, 3.63) is 31.1 Å². The highest BCUT2D eigenvalue weighted by molar-refractivity contribution is 7.89. The van der Waals surface area contributed by atoms with Gasteiger partial charge in [-0.2, -0.15) is 4.31 Å². The van der Waals surface area contributed by atoms with E-state index in [1.54, 1.807) is 10.5 Å². The summed E-state index contributed by atoms with van der Waals surface area (Å²) in [6.45, 7) is 10.7. The third-order valence-corrected chi connectivity index (χ3v) is 6.86. The molecular formula is C17H27N5O2S. The normalized spacial score (nSPS) is 21.4. The van der Waals surface area contributed by atoms with Crippen LogP contribution < -0.4 is 4.90 Å². The van der Waals surface area contributed by atoms with E-state index in [4.69, 9.17) is 0 Å². The van der Waals surface area contributed by atoms with Gasteiger partial charge in [0.1, 0.15) is 4.90 Å². The van der Waals surface area contributed by atoms with Gasteiger partial charge in [-0.3, -0.25) is 9.88 Å². The predicted molar refractivity (Wildman–Crippen MR) is 99.3 cm³/mol. The van der Waals surface area contributed by atoms with E-state index in [0.717, 1.165) is 51.5 Å². The molecule has 7 nitrogen and oxygen atoms in total. The van der Waals surface area contributed by atoms with Crippen LogP contribution in [0.4, 0.5) is 5.69 Å². The second-order valence-corrected chi connectivity index (χ2v) is 8.53. The van der Waals surface area contributed by atoms with Crippen molar-refractivity contribution in [2.24, 2.45) is 0 Å². The Labute approximate surface area is 150 Å². The van der Waals surface area contributed by atoms with Crippen molar-refractivity contribution in [3.63, 3.8) is 0 Å². The first-order valence-corrected chi connectivity index (χ1v) is 10.2. The van der Waals surface area contributed by atoms with Crippen LogP contribution in [0.2, 0.25) is 0 Å². The highest BCUT2D eigenvalue weighted by Crippen LogP contribution is 2.28. The number of sulfonamides is 1. The molecule has 8 heteroatoms. The summed E-state index contributed by atoms with van der Waals surface area (Å²) in [5.74, 6) is 0. The third-order valence-electron chi connectivity index (χ3n) is 4.94. The van der Waals surface area contributed by atoms with E-state index >= 15 is 0 Å². The number of hydrogen-bond donors (Lipinski definition) is 0. The van der Waals surface area contributed by atoms with Crippen LogP contribution in [0.1, 0.15) is 0 Å². The van der Waals surface area contributed by atoms with Gasteiger partial charge in [0.05, 0.1) is 5.69 Å². The smallest absolute Gasteiger partial charge is 0.246 e. The molecule has 3 rings (SSSR count). The van der Waals surface area contributed by atoms with Gasteiger partial charge in [-0.25, -0.2) is 8.42 Å². The molecule has 0 aliphatic carbocycles. The molecule has 3 heterocycles. The number of likely N-dealkylation sites (N-methyl/N-ethyl adjacent to an activating group) is 1. The third kappa shape index (κ3) is 4.03. The molecular weight excluding hydrogens is 338 g/mol. The highest BCUT2D eigenvalue weighted by Gasteiger charge is 2.31. The number of piperazine rings is 2. The van der Waals surface area contributed by atoms with Gasteiger partial charge in [-0.05, 0) is 13.1 Å². The second kappa shape index (κ2) is 7.82. The molecule has 2 aliphatic heterocycles. The number of pyridine rings is 1. The molecule has 0 saturated carbocycles. The Morgan fingerprint density at radius 2 is 1.80 bits per heavy atom. The number of rotatable bonds is 5. The van der Waals surface area contributed by atoms with Crippen LogP contribution in [-0.4, -0.2) is 93.5 Å². The van der Waals surface area contributed by atoms with Gasteiger partial charge in [0.15, 0.2) is 0 Å². The zero-order chi connectivity index (χ0) is 17.9. The zero-order valence-corrected chi connectivity index (χ0v) is 15.7. The standard InChI is InChI=1S/C17H27N5O2S/c1-3-6-20-9-11-21(12-10-20)16-4-5-18-15-17(16)25(23,24)22-13-7-19(2)8-14-22/h3-5,15H,1,6-14H2,2H3. The minimum atomic E-state index is -3.52. The van der Waals surface area contributed by atoms with Crippen LogP contribution in [0.5, 0.6) is 0 Å². The first kappa shape index (κ1) is 18.3. The Kier molecular flexibility index (Phi) is 5.73. The molecule has 25 heavy (non-hydrogen) atoms. The van der Waals surface area contributed by atoms with Crippen molar-refractivity contribution in [1.82, 2.24) is 19.1 Å². The van der Waals surface area contributed by atoms with Crippen LogP contribution in [0, 0.1) is 0 Å². The minimum Gasteiger partial charge on any atom is -0.368 e. The van der Waals surface area contributed by atoms with E-state index in [9.17, 15) is 8.42 Å². The summed E-state index contributed by atoms with van der Waals surface area (Å²) in [5.41, 5.74) is 0.771. The summed E-state index contributed by atoms with van der Waals surface area (Å²) in [6, 6.07) is 1.83. The lowest BCUT2D eigenvalue weighted by molar-refractivity contribution is 0.222. The van der Waals surface area contributed by atoms with E-state index < -0.39 is 10.0 Å². The fraction of sp³-hybridized carbons (Fsp3) is 0.588. The van der Waals surface area contributed by atoms with Crippen LogP contribution in [-0.2, 0) is 10.0 Å². The maximum atomic E-state index is 13.1. The average molecular weight is 366 g/mol. The Balaban J connectivity index is 1.80. The molecule has 0 atom stereocenters. The SMILES string of the molecule is C=CCN1CCN(c2ccncc2S(=O)(=O)N2CCN(C)CC2)CC1. The van der Waals surface area contributed by atoms with Crippen LogP contribution >= 0.6 is 0 Å². The van der Waals surface area contributed by atoms with E-state index in [0.29, 0.717) is 18.0 Å². The Morgan fingerprint density at radius 1 is 1.12 bits per heavy atom. The molecule has 0 aromatic carbocycles. The maximum absolute atomic E-state index is 13.1. The van der Waals surface area contributed by atoms with Crippen molar-refractivity contribution in [3.8, 4) is 0 Å². The average Bonchev–Trinajstić information content (AvgIpc) is 2.63. The van der Waals surface area contributed by atoms with Crippen molar-refractivity contribution in [2.75, 3.05) is 70.9 Å². The molecule has 0 unspecified atom stereocenters. The van der Waals surface area contributed by atoms with Gasteiger partial charge in [0, 0.05) is 71.3 Å². The largest absolute Gasteiger partial charge is 0.368 e. The summed E-state index contributed by atoms with van der Waals surface area (Å²) in [5, 5.41) is 0. The molecule has 1 aromatic heterocycles. The molecule has 2 aliphatic rings. The highest BCUT2D eigenvalue weighted by atomic mass is 32.2. The Bertz CT molecular complexity index is 693. The molecule has 0 amide bonds. The topological polar surface area (TPSA) is 60.0 Å². The van der Waals surface area contributed by atoms with E-state index in [1.165, 1.54) is 6.20 Å². The van der Waals surface area contributed by atoms with E-state index in [1.807, 2.05) is 19.2 Å². The lowest BCUT2D eigenvalue weighted by Gasteiger charge is -2.37. The zero-order valence-electron chi connectivity index (χ0n) is 14.8. The van der Waals surface area contributed by atoms with Crippen LogP contribution in [0.3, 0.4) is 0 Å². The van der Waals surface area contributed by atoms with Gasteiger partial charge >= 0.3 is 0 Å². The van der Waals surface area contributed by atoms with Gasteiger partial charge in [0.25, 0.3) is 0 Å². The number of nitrogens with zero attached hydrogens (tertiary/aromatic N) is 5. The number of hydrogen-bond acceptors (Lipinski definition) is 6. The summed E-state index contributed by atoms with van der Waals surface area (Å²) < 4.78 is 27.9. The molecule has 2 fully saturated rings. The van der Waals surface area contributed by atoms with Gasteiger partial charge in [-0.15, -0.1) is 6.58 Å². The summed E-state index contributed by atoms with van der Waals surface area (Å²) in [6.07, 6.45) is 5.08. The second-order valence-electron chi connectivity index (χ2n) is 6.63. The molecule has 0 N–H and O–H groups in total. The van der Waals surface area contributed by atoms with Crippen LogP contribution in [0.15, 0.2) is 36.0 Å². The fourth-order valence-electron chi connectivity index (χ4n) is 3.35. The number of aromatic nitrogens is 1. The summed E-state index contributed by atoms with van der Waals surface area (Å²) >= 11 is 0. The summed E-state index contributed by atoms with van der Waals surface area (Å²) in [7, 11) is -1.50. The molecule has 1 aromatic rings. The first-order valence-electron chi connectivity index (χ1n) is 8.73. The van der Waals surface area contributed by atoms with E-state index in [-0.39, 0.29) is 0 Å². The van der Waals surface area contributed by atoms with Gasteiger partial charge in [-0.1, -0.05) is 6.08 Å². The minimum absolute atomic E-state index is 0.330. The number of anilines is 1. The fourth-order valence-corrected chi connectivity index (χ4v) is 4.93. The van der Waals surface area contributed by atoms with Crippen molar-refractivity contribution >= 4 is 15.7 Å². The van der Waals surface area contributed by atoms with Crippen molar-refractivity contribution in [1.29, 1.82) is 0 Å². The van der Waals surface area contributed by atoms with E-state index in [2.05, 4.69) is 26.3 Å². The van der Waals surface area contributed by atoms with Crippen molar-refractivity contribution < 1.29 is 8.42 Å². The van der Waals surface area contributed by atoms with Crippen molar-refractivity contribution in [2.45, 2.75) is 4.90 Å².